The highest BCUT2D eigenvalue weighted by Crippen LogP contribution is 2.27. The van der Waals surface area contributed by atoms with Crippen molar-refractivity contribution in [2.24, 2.45) is 0 Å². The van der Waals surface area contributed by atoms with Gasteiger partial charge in [-0.15, -0.1) is 0 Å². The van der Waals surface area contributed by atoms with Gasteiger partial charge in [-0.05, 0) is 103 Å². The lowest BCUT2D eigenvalue weighted by atomic mass is 9.98. The molecule has 0 aliphatic carbocycles. The molecule has 1 heterocycles. The third-order valence-electron chi connectivity index (χ3n) is 15.5. The number of ether oxygens (including phenoxy) is 5. The number of carboxylic acids is 1. The molecule has 1 aliphatic rings. The van der Waals surface area contributed by atoms with Gasteiger partial charge >= 0.3 is 23.9 Å². The van der Waals surface area contributed by atoms with E-state index in [0.29, 0.717) is 19.3 Å². The summed E-state index contributed by atoms with van der Waals surface area (Å²) < 4.78 is 28.6. The van der Waals surface area contributed by atoms with Crippen molar-refractivity contribution >= 4 is 23.9 Å². The van der Waals surface area contributed by atoms with E-state index in [9.17, 15) is 34.5 Å². The van der Waals surface area contributed by atoms with Crippen LogP contribution in [0.4, 0.5) is 0 Å². The van der Waals surface area contributed by atoms with Gasteiger partial charge in [0, 0.05) is 19.3 Å². The summed E-state index contributed by atoms with van der Waals surface area (Å²) in [5, 5.41) is 31.6. The summed E-state index contributed by atoms with van der Waals surface area (Å²) in [6, 6.07) is 0. The number of aliphatic hydroxyl groups excluding tert-OH is 2. The number of hydrogen-bond donors (Lipinski definition) is 3. The first-order valence-electron chi connectivity index (χ1n) is 34.3. The molecule has 12 heteroatoms. The fourth-order valence-electron chi connectivity index (χ4n) is 10.3. The summed E-state index contributed by atoms with van der Waals surface area (Å²) in [5.74, 6) is -3.12. The van der Waals surface area contributed by atoms with Crippen LogP contribution in [0, 0.1) is 0 Å². The lowest BCUT2D eigenvalue weighted by molar-refractivity contribution is -0.301. The molecule has 6 atom stereocenters. The van der Waals surface area contributed by atoms with Gasteiger partial charge in [0.2, 0.25) is 0 Å². The Morgan fingerprint density at radius 1 is 0.410 bits per heavy atom. The van der Waals surface area contributed by atoms with Crippen molar-refractivity contribution in [3.63, 3.8) is 0 Å². The molecule has 1 rings (SSSR count). The zero-order valence-electron chi connectivity index (χ0n) is 53.2. The van der Waals surface area contributed by atoms with Crippen molar-refractivity contribution in [1.82, 2.24) is 0 Å². The van der Waals surface area contributed by atoms with Gasteiger partial charge in [0.1, 0.15) is 18.8 Å². The Kier molecular flexibility index (Phi) is 54.8. The summed E-state index contributed by atoms with van der Waals surface area (Å²) in [4.78, 5) is 51.4. The molecule has 1 saturated heterocycles. The molecule has 0 aromatic heterocycles. The molecule has 1 fully saturated rings. The fraction of sp³-hybridized carbons (Fsp3) is 0.803. The fourth-order valence-corrected chi connectivity index (χ4v) is 10.3. The summed E-state index contributed by atoms with van der Waals surface area (Å²) in [6.07, 6.45) is 61.7. The van der Waals surface area contributed by atoms with Crippen LogP contribution in [0.5, 0.6) is 0 Å². The Morgan fingerprint density at radius 2 is 0.759 bits per heavy atom. The van der Waals surface area contributed by atoms with Crippen molar-refractivity contribution in [3.05, 3.63) is 60.8 Å². The lowest BCUT2D eigenvalue weighted by Gasteiger charge is -2.40. The molecular weight excluding hydrogens is 1040 g/mol. The highest BCUT2D eigenvalue weighted by Gasteiger charge is 2.50. The van der Waals surface area contributed by atoms with E-state index in [-0.39, 0.29) is 25.9 Å². The van der Waals surface area contributed by atoms with Gasteiger partial charge in [-0.1, -0.05) is 255 Å². The van der Waals surface area contributed by atoms with Crippen LogP contribution in [0.2, 0.25) is 0 Å². The van der Waals surface area contributed by atoms with Crippen molar-refractivity contribution in [3.8, 4) is 0 Å². The van der Waals surface area contributed by atoms with E-state index in [4.69, 9.17) is 23.7 Å². The molecule has 6 unspecified atom stereocenters. The maximum atomic E-state index is 13.2. The smallest absolute Gasteiger partial charge is 0.335 e. The Labute approximate surface area is 506 Å². The predicted octanol–water partition coefficient (Wildman–Crippen LogP) is 18.7. The van der Waals surface area contributed by atoms with Gasteiger partial charge in [-0.2, -0.15) is 0 Å². The Bertz CT molecular complexity index is 1670. The molecule has 0 spiro atoms. The largest absolute Gasteiger partial charge is 0.479 e. The second-order valence-corrected chi connectivity index (χ2v) is 23.4. The Hall–Kier alpha value is -3.58. The molecule has 0 saturated carbocycles. The van der Waals surface area contributed by atoms with Gasteiger partial charge < -0.3 is 39.0 Å². The Morgan fingerprint density at radius 3 is 1.17 bits per heavy atom. The molecule has 12 nitrogen and oxygen atoms in total. The third-order valence-corrected chi connectivity index (χ3v) is 15.5. The van der Waals surface area contributed by atoms with E-state index in [1.807, 2.05) is 0 Å². The van der Waals surface area contributed by atoms with Crippen molar-refractivity contribution < 1.29 is 58.2 Å². The van der Waals surface area contributed by atoms with E-state index in [0.717, 1.165) is 116 Å². The molecule has 0 amide bonds. The number of unbranched alkanes of at least 4 members (excludes halogenated alkanes) is 35. The first-order chi connectivity index (χ1) is 40.6. The first kappa shape index (κ1) is 77.4. The minimum atomic E-state index is -1.91. The third kappa shape index (κ3) is 48.3. The number of carboxylic acid groups (broad SMARTS) is 1. The highest BCUT2D eigenvalue weighted by atomic mass is 16.7. The molecule has 0 aromatic carbocycles. The van der Waals surface area contributed by atoms with Crippen LogP contribution in [-0.2, 0) is 42.9 Å². The zero-order chi connectivity index (χ0) is 60.3. The topological polar surface area (TPSA) is 175 Å². The van der Waals surface area contributed by atoms with Gasteiger partial charge in [-0.25, -0.2) is 4.79 Å². The van der Waals surface area contributed by atoms with Crippen LogP contribution in [0.25, 0.3) is 0 Å². The number of esters is 3. The second-order valence-electron chi connectivity index (χ2n) is 23.4. The first-order valence-corrected chi connectivity index (χ1v) is 34.3. The second kappa shape index (κ2) is 58.8. The quantitative estimate of drug-likeness (QED) is 0.0228. The summed E-state index contributed by atoms with van der Waals surface area (Å²) >= 11 is 0. The summed E-state index contributed by atoms with van der Waals surface area (Å²) in [7, 11) is 0. The summed E-state index contributed by atoms with van der Waals surface area (Å²) in [6.45, 7) is 5.92. The lowest BCUT2D eigenvalue weighted by Crippen LogP contribution is -2.61. The Balaban J connectivity index is 2.64. The maximum absolute atomic E-state index is 13.2. The zero-order valence-corrected chi connectivity index (χ0v) is 53.2. The number of hydrogen-bond acceptors (Lipinski definition) is 11. The average molecular weight is 1170 g/mol. The number of aliphatic carboxylic acids is 1. The predicted molar refractivity (Wildman–Crippen MR) is 340 cm³/mol. The van der Waals surface area contributed by atoms with Gasteiger partial charge in [0.05, 0.1) is 6.61 Å². The molecule has 83 heavy (non-hydrogen) atoms. The molecular formula is C71H124O12. The summed E-state index contributed by atoms with van der Waals surface area (Å²) in [5.41, 5.74) is 0. The van der Waals surface area contributed by atoms with E-state index < -0.39 is 67.3 Å². The van der Waals surface area contributed by atoms with E-state index in [2.05, 4.69) is 81.5 Å². The van der Waals surface area contributed by atoms with E-state index in [1.165, 1.54) is 141 Å². The highest BCUT2D eigenvalue weighted by molar-refractivity contribution is 5.74. The van der Waals surface area contributed by atoms with E-state index >= 15 is 0 Å². The molecule has 0 radical (unpaired) electrons. The van der Waals surface area contributed by atoms with Crippen LogP contribution in [0.15, 0.2) is 60.8 Å². The van der Waals surface area contributed by atoms with Crippen LogP contribution < -0.4 is 0 Å². The molecule has 3 N–H and O–H groups in total. The number of aliphatic hydroxyl groups is 2. The van der Waals surface area contributed by atoms with Gasteiger partial charge in [0.15, 0.2) is 24.6 Å². The molecule has 0 aromatic rings. The van der Waals surface area contributed by atoms with Crippen LogP contribution >= 0.6 is 0 Å². The normalized spacial score (nSPS) is 17.9. The standard InChI is InChI=1S/C71H124O12/c1-4-7-10-13-16-19-22-25-28-31-32-35-36-39-42-45-48-51-54-57-63(72)79-60-62(81-64(73)58-55-52-49-46-43-40-37-33-29-26-23-20-17-14-11-8-5-2)61-80-71-69(67(76)66(75)68(83-71)70(77)78)82-65(74)59-56-53-50-47-44-41-38-34-30-27-24-21-18-15-12-9-6-3/h9,12,18,21,25-30,62,66-69,71,75-76H,4-8,10-11,13-17,19-20,22-24,31-61H2,1-3H3,(H,77,78)/b12-9-,21-18-,28-25-,29-26-,30-27-. The number of carbonyl (C=O) groups is 4. The van der Waals surface area contributed by atoms with Crippen molar-refractivity contribution in [1.29, 1.82) is 0 Å². The van der Waals surface area contributed by atoms with Crippen LogP contribution in [0.1, 0.15) is 316 Å². The number of carbonyl (C=O) groups excluding carboxylic acids is 3. The molecule has 480 valence electrons. The van der Waals surface area contributed by atoms with E-state index in [1.54, 1.807) is 0 Å². The minimum Gasteiger partial charge on any atom is -0.479 e. The van der Waals surface area contributed by atoms with Gasteiger partial charge in [0.25, 0.3) is 0 Å². The molecule has 0 bridgehead atoms. The number of rotatable bonds is 59. The molecule has 1 aliphatic heterocycles. The van der Waals surface area contributed by atoms with Gasteiger partial charge in [-0.3, -0.25) is 14.4 Å². The number of allylic oxidation sites excluding steroid dienone is 10. The van der Waals surface area contributed by atoms with Crippen molar-refractivity contribution in [2.45, 2.75) is 353 Å². The van der Waals surface area contributed by atoms with Crippen LogP contribution in [0.3, 0.4) is 0 Å². The average Bonchev–Trinajstić information content (AvgIpc) is 3.55. The minimum absolute atomic E-state index is 0.0490. The maximum Gasteiger partial charge on any atom is 0.335 e. The van der Waals surface area contributed by atoms with Crippen LogP contribution in [-0.4, -0.2) is 89.2 Å². The monoisotopic (exact) mass is 1170 g/mol. The SMILES string of the molecule is CC/C=C\C/C=C\C/C=C\CCCCCCCCCC(=O)OC1C(OCC(COC(=O)CCCCCCCCCCC/C=C\CCCCCCCC)OC(=O)CCCCCCCCC/C=C\CCCCCCCC)OC(C(=O)O)C(O)C1O. The van der Waals surface area contributed by atoms with Crippen molar-refractivity contribution in [2.75, 3.05) is 13.2 Å².